The van der Waals surface area contributed by atoms with Crippen molar-refractivity contribution in [2.24, 2.45) is 5.92 Å². The van der Waals surface area contributed by atoms with E-state index in [2.05, 4.69) is 9.88 Å². The van der Waals surface area contributed by atoms with E-state index in [9.17, 15) is 4.79 Å². The Morgan fingerprint density at radius 1 is 1.60 bits per heavy atom. The summed E-state index contributed by atoms with van der Waals surface area (Å²) in [5.41, 5.74) is 0. The van der Waals surface area contributed by atoms with Gasteiger partial charge in [0.05, 0.1) is 5.92 Å². The highest BCUT2D eigenvalue weighted by Crippen LogP contribution is 2.27. The Labute approximate surface area is 96.5 Å². The van der Waals surface area contributed by atoms with E-state index in [1.807, 2.05) is 0 Å². The molecule has 82 valence electrons. The van der Waals surface area contributed by atoms with Gasteiger partial charge in [0.2, 0.25) is 0 Å². The summed E-state index contributed by atoms with van der Waals surface area (Å²) >= 11 is 7.24. The normalized spacial score (nSPS) is 18.1. The van der Waals surface area contributed by atoms with E-state index >= 15 is 0 Å². The number of anilines is 1. The molecule has 0 saturated carbocycles. The molecule has 0 unspecified atom stereocenters. The molecular formula is C9H11ClN2O2S. The molecule has 1 aromatic rings. The van der Waals surface area contributed by atoms with E-state index < -0.39 is 5.97 Å². The summed E-state index contributed by atoms with van der Waals surface area (Å²) < 4.78 is 0. The molecule has 1 aromatic heterocycles. The first-order valence-electron chi connectivity index (χ1n) is 4.75. The Morgan fingerprint density at radius 3 is 2.73 bits per heavy atom. The highest BCUT2D eigenvalue weighted by atomic mass is 35.5. The van der Waals surface area contributed by atoms with Gasteiger partial charge in [-0.25, -0.2) is 4.98 Å². The molecule has 0 bridgehead atoms. The van der Waals surface area contributed by atoms with Crippen molar-refractivity contribution >= 4 is 34.0 Å². The molecule has 1 saturated heterocycles. The fourth-order valence-electron chi connectivity index (χ4n) is 1.71. The van der Waals surface area contributed by atoms with Gasteiger partial charge < -0.3 is 10.0 Å². The van der Waals surface area contributed by atoms with Gasteiger partial charge in [-0.1, -0.05) is 11.6 Å². The Bertz CT molecular complexity index is 361. The molecule has 0 radical (unpaired) electrons. The van der Waals surface area contributed by atoms with Gasteiger partial charge in [-0.05, 0) is 12.8 Å². The number of nitrogens with zero attached hydrogens (tertiary/aromatic N) is 2. The lowest BCUT2D eigenvalue weighted by Gasteiger charge is -2.29. The maximum Gasteiger partial charge on any atom is 0.306 e. The van der Waals surface area contributed by atoms with Crippen LogP contribution in [0.2, 0.25) is 5.15 Å². The van der Waals surface area contributed by atoms with E-state index in [0.29, 0.717) is 18.0 Å². The zero-order chi connectivity index (χ0) is 10.8. The quantitative estimate of drug-likeness (QED) is 0.868. The van der Waals surface area contributed by atoms with Crippen LogP contribution >= 0.6 is 22.9 Å². The van der Waals surface area contributed by atoms with Crippen LogP contribution in [0.5, 0.6) is 0 Å². The second-order valence-corrected chi connectivity index (χ2v) is 4.78. The van der Waals surface area contributed by atoms with Crippen LogP contribution in [0.3, 0.4) is 0 Å². The number of thiazole rings is 1. The predicted octanol–water partition coefficient (Wildman–Crippen LogP) is 2.10. The van der Waals surface area contributed by atoms with Crippen molar-refractivity contribution in [2.45, 2.75) is 12.8 Å². The molecular weight excluding hydrogens is 236 g/mol. The Balaban J connectivity index is 1.96. The molecule has 1 aliphatic heterocycles. The van der Waals surface area contributed by atoms with Crippen molar-refractivity contribution in [3.05, 3.63) is 10.5 Å². The first-order valence-corrected chi connectivity index (χ1v) is 6.01. The van der Waals surface area contributed by atoms with Crippen LogP contribution in [0.25, 0.3) is 0 Å². The third-order valence-electron chi connectivity index (χ3n) is 2.58. The van der Waals surface area contributed by atoms with Gasteiger partial charge in [0.15, 0.2) is 5.13 Å². The third-order valence-corrected chi connectivity index (χ3v) is 3.80. The minimum absolute atomic E-state index is 0.198. The average molecular weight is 247 g/mol. The summed E-state index contributed by atoms with van der Waals surface area (Å²) in [4.78, 5) is 17.0. The first-order chi connectivity index (χ1) is 7.16. The zero-order valence-electron chi connectivity index (χ0n) is 8.02. The largest absolute Gasteiger partial charge is 0.481 e. The number of hydrogen-bond acceptors (Lipinski definition) is 4. The standard InChI is InChI=1S/C9H11ClN2O2S/c10-7-5-15-9(11-7)12-3-1-6(2-4-12)8(13)14/h5-6H,1-4H2,(H,13,14). The second kappa shape index (κ2) is 4.37. The summed E-state index contributed by atoms with van der Waals surface area (Å²) in [7, 11) is 0. The van der Waals surface area contributed by atoms with Gasteiger partial charge in [0.1, 0.15) is 5.15 Å². The van der Waals surface area contributed by atoms with Gasteiger partial charge in [0.25, 0.3) is 0 Å². The summed E-state index contributed by atoms with van der Waals surface area (Å²) in [5.74, 6) is -0.886. The van der Waals surface area contributed by atoms with Crippen molar-refractivity contribution in [1.29, 1.82) is 0 Å². The Hall–Kier alpha value is -0.810. The minimum atomic E-state index is -0.688. The van der Waals surface area contributed by atoms with Crippen molar-refractivity contribution < 1.29 is 9.90 Å². The van der Waals surface area contributed by atoms with E-state index in [1.165, 1.54) is 11.3 Å². The lowest BCUT2D eigenvalue weighted by Crippen LogP contribution is -2.36. The predicted molar refractivity (Wildman–Crippen MR) is 59.7 cm³/mol. The van der Waals surface area contributed by atoms with E-state index in [4.69, 9.17) is 16.7 Å². The monoisotopic (exact) mass is 246 g/mol. The van der Waals surface area contributed by atoms with Gasteiger partial charge >= 0.3 is 5.97 Å². The number of piperidine rings is 1. The Morgan fingerprint density at radius 2 is 2.27 bits per heavy atom. The number of rotatable bonds is 2. The van der Waals surface area contributed by atoms with Gasteiger partial charge in [-0.3, -0.25) is 4.79 Å². The molecule has 0 aromatic carbocycles. The van der Waals surface area contributed by atoms with Crippen LogP contribution in [-0.4, -0.2) is 29.1 Å². The summed E-state index contributed by atoms with van der Waals surface area (Å²) in [5, 5.41) is 12.0. The minimum Gasteiger partial charge on any atom is -0.481 e. The third kappa shape index (κ3) is 2.41. The van der Waals surface area contributed by atoms with Gasteiger partial charge in [-0.15, -0.1) is 11.3 Å². The highest BCUT2D eigenvalue weighted by Gasteiger charge is 2.25. The smallest absolute Gasteiger partial charge is 0.306 e. The van der Waals surface area contributed by atoms with Crippen molar-refractivity contribution in [1.82, 2.24) is 4.98 Å². The molecule has 1 N–H and O–H groups in total. The van der Waals surface area contributed by atoms with E-state index in [-0.39, 0.29) is 5.92 Å². The molecule has 4 nitrogen and oxygen atoms in total. The van der Waals surface area contributed by atoms with E-state index in [0.717, 1.165) is 18.2 Å². The number of halogens is 1. The van der Waals surface area contributed by atoms with Crippen molar-refractivity contribution in [2.75, 3.05) is 18.0 Å². The number of aliphatic carboxylic acids is 1. The number of carboxylic acid groups (broad SMARTS) is 1. The molecule has 6 heteroatoms. The van der Waals surface area contributed by atoms with Crippen LogP contribution in [0.1, 0.15) is 12.8 Å². The summed E-state index contributed by atoms with van der Waals surface area (Å²) in [6.07, 6.45) is 1.37. The Kier molecular flexibility index (Phi) is 3.11. The molecule has 1 fully saturated rings. The fourth-order valence-corrected chi connectivity index (χ4v) is 2.71. The second-order valence-electron chi connectivity index (χ2n) is 3.55. The van der Waals surface area contributed by atoms with Crippen LogP contribution in [0.15, 0.2) is 5.38 Å². The molecule has 0 amide bonds. The maximum atomic E-state index is 10.7. The fraction of sp³-hybridized carbons (Fsp3) is 0.556. The zero-order valence-corrected chi connectivity index (χ0v) is 9.59. The number of aromatic nitrogens is 1. The molecule has 2 rings (SSSR count). The lowest BCUT2D eigenvalue weighted by molar-refractivity contribution is -0.142. The molecule has 1 aliphatic rings. The van der Waals surface area contributed by atoms with Crippen molar-refractivity contribution in [3.63, 3.8) is 0 Å². The number of carbonyl (C=O) groups is 1. The number of carboxylic acids is 1. The molecule has 15 heavy (non-hydrogen) atoms. The SMILES string of the molecule is O=C(O)C1CCN(c2nc(Cl)cs2)CC1. The maximum absolute atomic E-state index is 10.7. The molecule has 0 aliphatic carbocycles. The first kappa shape index (κ1) is 10.7. The lowest BCUT2D eigenvalue weighted by atomic mass is 9.98. The molecule has 0 atom stereocenters. The average Bonchev–Trinajstić information content (AvgIpc) is 2.65. The highest BCUT2D eigenvalue weighted by molar-refractivity contribution is 7.14. The van der Waals surface area contributed by atoms with E-state index in [1.54, 1.807) is 5.38 Å². The van der Waals surface area contributed by atoms with Crippen LogP contribution in [-0.2, 0) is 4.79 Å². The van der Waals surface area contributed by atoms with Gasteiger partial charge in [0, 0.05) is 18.5 Å². The number of hydrogen-bond donors (Lipinski definition) is 1. The van der Waals surface area contributed by atoms with Crippen molar-refractivity contribution in [3.8, 4) is 0 Å². The molecule has 2 heterocycles. The van der Waals surface area contributed by atoms with Crippen LogP contribution in [0.4, 0.5) is 5.13 Å². The van der Waals surface area contributed by atoms with Gasteiger partial charge in [-0.2, -0.15) is 0 Å². The summed E-state index contributed by atoms with van der Waals surface area (Å²) in [6, 6.07) is 0. The van der Waals surface area contributed by atoms with Crippen LogP contribution < -0.4 is 4.90 Å². The molecule has 0 spiro atoms. The summed E-state index contributed by atoms with van der Waals surface area (Å²) in [6.45, 7) is 1.50. The topological polar surface area (TPSA) is 53.4 Å². The van der Waals surface area contributed by atoms with Crippen LogP contribution in [0, 0.1) is 5.92 Å².